The molecule has 1 saturated heterocycles. The number of aliphatic carboxylic acids is 1. The minimum atomic E-state index is -1.09. The first-order chi connectivity index (χ1) is 7.70. The van der Waals surface area contributed by atoms with Crippen LogP contribution < -0.4 is 0 Å². The highest BCUT2D eigenvalue weighted by Crippen LogP contribution is 2.12. The normalized spacial score (nSPS) is 20.8. The Morgan fingerprint density at radius 2 is 2.38 bits per heavy atom. The highest BCUT2D eigenvalue weighted by atomic mass is 16.5. The van der Waals surface area contributed by atoms with Crippen LogP contribution in [0.4, 0.5) is 0 Å². The quantitative estimate of drug-likeness (QED) is 0.737. The maximum Gasteiger partial charge on any atom is 0.328 e. The Morgan fingerprint density at radius 3 is 3.00 bits per heavy atom. The van der Waals surface area contributed by atoms with Gasteiger partial charge in [-0.1, -0.05) is 5.16 Å². The van der Waals surface area contributed by atoms with Gasteiger partial charge in [-0.2, -0.15) is 0 Å². The number of hydrogen-bond acceptors (Lipinski definition) is 5. The standard InChI is InChI=1S/C9H10N2O5/c12-8(7-1-2-10-16-7)11-3-4-15-5-6(11)9(13)14/h1-2,6H,3-5H2,(H,13,14). The molecule has 1 aliphatic heterocycles. The van der Waals surface area contributed by atoms with Crippen molar-refractivity contribution in [3.63, 3.8) is 0 Å². The summed E-state index contributed by atoms with van der Waals surface area (Å²) in [4.78, 5) is 24.0. The molecule has 1 amide bonds. The topological polar surface area (TPSA) is 92.9 Å². The van der Waals surface area contributed by atoms with E-state index in [0.717, 1.165) is 0 Å². The van der Waals surface area contributed by atoms with Gasteiger partial charge in [0.2, 0.25) is 5.76 Å². The molecule has 0 spiro atoms. The molecule has 16 heavy (non-hydrogen) atoms. The van der Waals surface area contributed by atoms with Gasteiger partial charge in [-0.15, -0.1) is 0 Å². The molecule has 1 unspecified atom stereocenters. The first-order valence-electron chi connectivity index (χ1n) is 4.72. The third-order valence-electron chi connectivity index (χ3n) is 2.32. The number of aromatic nitrogens is 1. The zero-order valence-electron chi connectivity index (χ0n) is 8.33. The van der Waals surface area contributed by atoms with E-state index < -0.39 is 17.9 Å². The van der Waals surface area contributed by atoms with Gasteiger partial charge in [0, 0.05) is 12.6 Å². The number of rotatable bonds is 2. The van der Waals surface area contributed by atoms with Crippen molar-refractivity contribution in [2.24, 2.45) is 0 Å². The second-order valence-corrected chi connectivity index (χ2v) is 3.30. The summed E-state index contributed by atoms with van der Waals surface area (Å²) in [5.41, 5.74) is 0. The van der Waals surface area contributed by atoms with Gasteiger partial charge in [-0.3, -0.25) is 4.79 Å². The third-order valence-corrected chi connectivity index (χ3v) is 2.32. The molecule has 0 saturated carbocycles. The summed E-state index contributed by atoms with van der Waals surface area (Å²) in [6.45, 7) is 0.551. The Balaban J connectivity index is 2.17. The van der Waals surface area contributed by atoms with Crippen LogP contribution in [0.15, 0.2) is 16.8 Å². The number of hydrogen-bond donors (Lipinski definition) is 1. The lowest BCUT2D eigenvalue weighted by Crippen LogP contribution is -2.52. The highest BCUT2D eigenvalue weighted by molar-refractivity contribution is 5.94. The average Bonchev–Trinajstić information content (AvgIpc) is 2.81. The smallest absolute Gasteiger partial charge is 0.328 e. The van der Waals surface area contributed by atoms with Crippen molar-refractivity contribution in [3.05, 3.63) is 18.0 Å². The van der Waals surface area contributed by atoms with Crippen molar-refractivity contribution in [1.82, 2.24) is 10.1 Å². The van der Waals surface area contributed by atoms with E-state index in [0.29, 0.717) is 6.61 Å². The molecule has 1 N–H and O–H groups in total. The molecular formula is C9H10N2O5. The monoisotopic (exact) mass is 226 g/mol. The van der Waals surface area contributed by atoms with E-state index in [4.69, 9.17) is 14.4 Å². The van der Waals surface area contributed by atoms with Crippen molar-refractivity contribution < 1.29 is 24.0 Å². The van der Waals surface area contributed by atoms with Gasteiger partial charge >= 0.3 is 5.97 Å². The molecule has 7 nitrogen and oxygen atoms in total. The number of carbonyl (C=O) groups is 2. The maximum absolute atomic E-state index is 11.8. The molecule has 86 valence electrons. The van der Waals surface area contributed by atoms with Crippen LogP contribution in [0.25, 0.3) is 0 Å². The molecule has 1 aliphatic rings. The minimum absolute atomic E-state index is 0.00475. The van der Waals surface area contributed by atoms with Crippen LogP contribution in [0.5, 0.6) is 0 Å². The van der Waals surface area contributed by atoms with Gasteiger partial charge in [-0.25, -0.2) is 4.79 Å². The number of amides is 1. The zero-order valence-corrected chi connectivity index (χ0v) is 8.33. The third kappa shape index (κ3) is 1.89. The molecule has 0 radical (unpaired) electrons. The van der Waals surface area contributed by atoms with Crippen LogP contribution in [0.2, 0.25) is 0 Å². The lowest BCUT2D eigenvalue weighted by atomic mass is 10.2. The van der Waals surface area contributed by atoms with E-state index in [9.17, 15) is 9.59 Å². The summed E-state index contributed by atoms with van der Waals surface area (Å²) < 4.78 is 9.72. The summed E-state index contributed by atoms with van der Waals surface area (Å²) in [6.07, 6.45) is 1.34. The fraction of sp³-hybridized carbons (Fsp3) is 0.444. The summed E-state index contributed by atoms with van der Waals surface area (Å²) >= 11 is 0. The number of carboxylic acid groups (broad SMARTS) is 1. The van der Waals surface area contributed by atoms with E-state index in [-0.39, 0.29) is 18.9 Å². The SMILES string of the molecule is O=C(O)C1COCCN1C(=O)c1ccno1. The Morgan fingerprint density at radius 1 is 1.56 bits per heavy atom. The number of carbonyl (C=O) groups excluding carboxylic acids is 1. The second-order valence-electron chi connectivity index (χ2n) is 3.30. The summed E-state index contributed by atoms with van der Waals surface area (Å²) in [6, 6.07) is 0.433. The van der Waals surface area contributed by atoms with Gasteiger partial charge in [0.1, 0.15) is 0 Å². The van der Waals surface area contributed by atoms with Crippen LogP contribution in [0.1, 0.15) is 10.6 Å². The van der Waals surface area contributed by atoms with Gasteiger partial charge in [0.05, 0.1) is 19.4 Å². The van der Waals surface area contributed by atoms with Crippen molar-refractivity contribution in [2.75, 3.05) is 19.8 Å². The Bertz CT molecular complexity index is 389. The molecule has 0 bridgehead atoms. The van der Waals surface area contributed by atoms with Crippen molar-refractivity contribution in [2.45, 2.75) is 6.04 Å². The first-order valence-corrected chi connectivity index (χ1v) is 4.72. The molecule has 1 atom stereocenters. The summed E-state index contributed by atoms with van der Waals surface area (Å²) in [5.74, 6) is -1.53. The van der Waals surface area contributed by atoms with Gasteiger partial charge in [-0.05, 0) is 0 Å². The lowest BCUT2D eigenvalue weighted by molar-refractivity contribution is -0.147. The fourth-order valence-corrected chi connectivity index (χ4v) is 1.52. The number of morpholine rings is 1. The van der Waals surface area contributed by atoms with Gasteiger partial charge < -0.3 is 19.3 Å². The largest absolute Gasteiger partial charge is 0.480 e. The molecule has 2 heterocycles. The molecule has 1 fully saturated rings. The summed E-state index contributed by atoms with van der Waals surface area (Å²) in [5, 5.41) is 12.3. The van der Waals surface area contributed by atoms with E-state index in [2.05, 4.69) is 5.16 Å². The molecular weight excluding hydrogens is 216 g/mol. The zero-order chi connectivity index (χ0) is 11.5. The van der Waals surface area contributed by atoms with Gasteiger partial charge in [0.15, 0.2) is 6.04 Å². The lowest BCUT2D eigenvalue weighted by Gasteiger charge is -2.31. The second kappa shape index (κ2) is 4.31. The molecule has 1 aromatic rings. The Kier molecular flexibility index (Phi) is 2.86. The molecule has 2 rings (SSSR count). The van der Waals surface area contributed by atoms with Crippen LogP contribution in [-0.2, 0) is 9.53 Å². The summed E-state index contributed by atoms with van der Waals surface area (Å²) in [7, 11) is 0. The molecule has 1 aromatic heterocycles. The maximum atomic E-state index is 11.8. The molecule has 0 aromatic carbocycles. The fourth-order valence-electron chi connectivity index (χ4n) is 1.52. The van der Waals surface area contributed by atoms with Crippen LogP contribution in [-0.4, -0.2) is 52.8 Å². The Labute approximate surface area is 90.6 Å². The van der Waals surface area contributed by atoms with Gasteiger partial charge in [0.25, 0.3) is 5.91 Å². The molecule has 0 aliphatic carbocycles. The minimum Gasteiger partial charge on any atom is -0.480 e. The number of carboxylic acids is 1. The van der Waals surface area contributed by atoms with Crippen molar-refractivity contribution >= 4 is 11.9 Å². The van der Waals surface area contributed by atoms with Crippen LogP contribution in [0, 0.1) is 0 Å². The van der Waals surface area contributed by atoms with Crippen molar-refractivity contribution in [3.8, 4) is 0 Å². The Hall–Kier alpha value is -1.89. The van der Waals surface area contributed by atoms with E-state index in [1.165, 1.54) is 17.2 Å². The van der Waals surface area contributed by atoms with E-state index in [1.807, 2.05) is 0 Å². The molecule has 7 heteroatoms. The van der Waals surface area contributed by atoms with Crippen LogP contribution >= 0.6 is 0 Å². The first kappa shape index (κ1) is 10.6. The van der Waals surface area contributed by atoms with E-state index in [1.54, 1.807) is 0 Å². The predicted molar refractivity (Wildman–Crippen MR) is 49.8 cm³/mol. The highest BCUT2D eigenvalue weighted by Gasteiger charge is 2.34. The number of nitrogens with zero attached hydrogens (tertiary/aromatic N) is 2. The van der Waals surface area contributed by atoms with Crippen LogP contribution in [0.3, 0.4) is 0 Å². The number of ether oxygens (including phenoxy) is 1. The average molecular weight is 226 g/mol. The van der Waals surface area contributed by atoms with Crippen molar-refractivity contribution in [1.29, 1.82) is 0 Å². The van der Waals surface area contributed by atoms with E-state index >= 15 is 0 Å². The predicted octanol–water partition coefficient (Wildman–Crippen LogP) is -0.400.